The highest BCUT2D eigenvalue weighted by Gasteiger charge is 2.24. The van der Waals surface area contributed by atoms with Crippen LogP contribution < -0.4 is 5.32 Å². The molecule has 1 N–H and O–H groups in total. The number of hydrogen-bond acceptors (Lipinski definition) is 3. The van der Waals surface area contributed by atoms with Gasteiger partial charge in [0.2, 0.25) is 15.7 Å². The monoisotopic (exact) mass is 452 g/mol. The molecule has 3 aromatic carbocycles. The molecule has 0 atom stereocenters. The molecule has 0 saturated carbocycles. The number of aromatic nitrogens is 1. The highest BCUT2D eigenvalue weighted by Crippen LogP contribution is 2.30. The smallest absolute Gasteiger partial charge is 0.244 e. The Labute approximate surface area is 186 Å². The van der Waals surface area contributed by atoms with Crippen LogP contribution in [0, 0.1) is 13.8 Å². The van der Waals surface area contributed by atoms with Crippen LogP contribution in [0.2, 0.25) is 5.02 Å². The number of benzene rings is 3. The molecule has 4 rings (SSSR count). The van der Waals surface area contributed by atoms with Gasteiger partial charge in [0.05, 0.1) is 9.79 Å². The van der Waals surface area contributed by atoms with Crippen molar-refractivity contribution in [3.05, 3.63) is 89.1 Å². The molecule has 0 aliphatic heterocycles. The Morgan fingerprint density at radius 3 is 2.42 bits per heavy atom. The molecule has 158 valence electrons. The number of halogens is 1. The summed E-state index contributed by atoms with van der Waals surface area (Å²) in [6.07, 6.45) is 1.53. The van der Waals surface area contributed by atoms with Gasteiger partial charge in [-0.2, -0.15) is 0 Å². The molecule has 0 saturated heterocycles. The van der Waals surface area contributed by atoms with Crippen molar-refractivity contribution in [2.24, 2.45) is 0 Å². The van der Waals surface area contributed by atoms with Gasteiger partial charge in [-0.3, -0.25) is 4.79 Å². The van der Waals surface area contributed by atoms with Crippen LogP contribution in [0.4, 0.5) is 5.69 Å². The number of sulfone groups is 1. The van der Waals surface area contributed by atoms with E-state index in [1.807, 2.05) is 19.9 Å². The molecule has 0 fully saturated rings. The number of anilines is 1. The number of aryl methyl sites for hydroxylation is 1. The molecule has 5 nitrogen and oxygen atoms in total. The molecule has 1 amide bonds. The summed E-state index contributed by atoms with van der Waals surface area (Å²) in [7, 11) is -3.74. The number of amides is 1. The largest absolute Gasteiger partial charge is 0.337 e. The van der Waals surface area contributed by atoms with Gasteiger partial charge in [-0.1, -0.05) is 53.6 Å². The van der Waals surface area contributed by atoms with E-state index < -0.39 is 9.84 Å². The van der Waals surface area contributed by atoms with E-state index >= 15 is 0 Å². The van der Waals surface area contributed by atoms with Crippen LogP contribution in [0.25, 0.3) is 10.9 Å². The minimum atomic E-state index is -3.74. The lowest BCUT2D eigenvalue weighted by Crippen LogP contribution is -2.18. The molecule has 0 bridgehead atoms. The van der Waals surface area contributed by atoms with Gasteiger partial charge >= 0.3 is 0 Å². The van der Waals surface area contributed by atoms with Gasteiger partial charge < -0.3 is 9.88 Å². The van der Waals surface area contributed by atoms with E-state index in [0.29, 0.717) is 21.6 Å². The fourth-order valence-electron chi connectivity index (χ4n) is 3.49. The van der Waals surface area contributed by atoms with Crippen LogP contribution in [-0.4, -0.2) is 18.9 Å². The van der Waals surface area contributed by atoms with Crippen LogP contribution in [0.15, 0.2) is 82.7 Å². The summed E-state index contributed by atoms with van der Waals surface area (Å²) in [6, 6.07) is 19.2. The first-order valence-electron chi connectivity index (χ1n) is 9.72. The second-order valence-corrected chi connectivity index (χ2v) is 9.74. The average molecular weight is 453 g/mol. The summed E-state index contributed by atoms with van der Waals surface area (Å²) in [4.78, 5) is 13.1. The van der Waals surface area contributed by atoms with Crippen molar-refractivity contribution in [1.29, 1.82) is 0 Å². The lowest BCUT2D eigenvalue weighted by Gasteiger charge is -2.10. The summed E-state index contributed by atoms with van der Waals surface area (Å²) < 4.78 is 28.3. The maximum Gasteiger partial charge on any atom is 0.244 e. The van der Waals surface area contributed by atoms with Crippen molar-refractivity contribution in [2.75, 3.05) is 5.32 Å². The summed E-state index contributed by atoms with van der Waals surface area (Å²) in [5.74, 6) is -0.273. The number of para-hydroxylation sites is 1. The zero-order chi connectivity index (χ0) is 22.2. The topological polar surface area (TPSA) is 68.2 Å². The number of carbonyl (C=O) groups excluding carboxylic acids is 1. The third-order valence-electron chi connectivity index (χ3n) is 5.23. The number of nitrogens with zero attached hydrogens (tertiary/aromatic N) is 1. The summed E-state index contributed by atoms with van der Waals surface area (Å²) in [5, 5.41) is 4.00. The van der Waals surface area contributed by atoms with E-state index in [0.717, 1.165) is 11.1 Å². The van der Waals surface area contributed by atoms with Crippen molar-refractivity contribution in [1.82, 2.24) is 4.57 Å². The molecule has 0 unspecified atom stereocenters. The van der Waals surface area contributed by atoms with Crippen molar-refractivity contribution >= 4 is 43.9 Å². The van der Waals surface area contributed by atoms with Gasteiger partial charge in [-0.05, 0) is 49.7 Å². The van der Waals surface area contributed by atoms with Gasteiger partial charge in [-0.25, -0.2) is 8.42 Å². The highest BCUT2D eigenvalue weighted by molar-refractivity contribution is 7.91. The zero-order valence-corrected chi connectivity index (χ0v) is 18.7. The van der Waals surface area contributed by atoms with Crippen molar-refractivity contribution in [3.63, 3.8) is 0 Å². The lowest BCUT2D eigenvalue weighted by atomic mass is 10.2. The first-order valence-corrected chi connectivity index (χ1v) is 11.6. The van der Waals surface area contributed by atoms with Gasteiger partial charge in [-0.15, -0.1) is 0 Å². The first kappa shape index (κ1) is 21.2. The average Bonchev–Trinajstić information content (AvgIpc) is 3.11. The second-order valence-electron chi connectivity index (χ2n) is 7.42. The summed E-state index contributed by atoms with van der Waals surface area (Å²) >= 11 is 6.13. The van der Waals surface area contributed by atoms with Crippen LogP contribution in [-0.2, 0) is 21.2 Å². The Morgan fingerprint density at radius 2 is 1.68 bits per heavy atom. The molecule has 7 heteroatoms. The highest BCUT2D eigenvalue weighted by atomic mass is 35.5. The Hall–Kier alpha value is -3.09. The molecule has 0 spiro atoms. The molecule has 4 aromatic rings. The van der Waals surface area contributed by atoms with Gasteiger partial charge in [0.1, 0.15) is 6.54 Å². The fraction of sp³-hybridized carbons (Fsp3) is 0.125. The number of nitrogens with one attached hydrogen (secondary N) is 1. The SMILES string of the molecule is Cc1ccc(S(=O)(=O)c2cn(CC(=O)Nc3cccc(Cl)c3C)c3ccccc23)cc1. The van der Waals surface area contributed by atoms with E-state index in [2.05, 4.69) is 5.32 Å². The molecule has 1 heterocycles. The van der Waals surface area contributed by atoms with E-state index in [9.17, 15) is 13.2 Å². The fourth-order valence-corrected chi connectivity index (χ4v) is 5.14. The third-order valence-corrected chi connectivity index (χ3v) is 7.44. The Morgan fingerprint density at radius 1 is 0.968 bits per heavy atom. The van der Waals surface area contributed by atoms with Gasteiger partial charge in [0.15, 0.2) is 0 Å². The van der Waals surface area contributed by atoms with E-state index in [1.54, 1.807) is 65.2 Å². The molecule has 1 aromatic heterocycles. The predicted molar refractivity (Wildman–Crippen MR) is 123 cm³/mol. The summed E-state index contributed by atoms with van der Waals surface area (Å²) in [6.45, 7) is 3.70. The summed E-state index contributed by atoms with van der Waals surface area (Å²) in [5.41, 5.74) is 3.06. The molecule has 0 radical (unpaired) electrons. The Bertz CT molecular complexity index is 1390. The maximum atomic E-state index is 13.3. The van der Waals surface area contributed by atoms with Gasteiger partial charge in [0, 0.05) is 27.8 Å². The van der Waals surface area contributed by atoms with Crippen LogP contribution in [0.3, 0.4) is 0 Å². The second kappa shape index (κ2) is 8.21. The van der Waals surface area contributed by atoms with Crippen molar-refractivity contribution in [3.8, 4) is 0 Å². The van der Waals surface area contributed by atoms with Crippen LogP contribution >= 0.6 is 11.6 Å². The molecule has 0 aliphatic rings. The molecular weight excluding hydrogens is 432 g/mol. The normalized spacial score (nSPS) is 11.6. The minimum Gasteiger partial charge on any atom is -0.337 e. The van der Waals surface area contributed by atoms with E-state index in [4.69, 9.17) is 11.6 Å². The van der Waals surface area contributed by atoms with Crippen molar-refractivity contribution in [2.45, 2.75) is 30.2 Å². The number of hydrogen-bond donors (Lipinski definition) is 1. The number of carbonyl (C=O) groups is 1. The molecule has 0 aliphatic carbocycles. The van der Waals surface area contributed by atoms with Crippen LogP contribution in [0.1, 0.15) is 11.1 Å². The minimum absolute atomic E-state index is 0.0319. The number of fused-ring (bicyclic) bond motifs is 1. The Balaban J connectivity index is 1.71. The molecule has 31 heavy (non-hydrogen) atoms. The molecular formula is C24H21ClN2O3S. The van der Waals surface area contributed by atoms with Crippen LogP contribution in [0.5, 0.6) is 0 Å². The standard InChI is InChI=1S/C24H21ClN2O3S/c1-16-10-12-18(13-11-16)31(29,30)23-14-27(22-9-4-3-6-19(22)23)15-24(28)26-21-8-5-7-20(25)17(21)2/h3-14H,15H2,1-2H3,(H,26,28). The maximum absolute atomic E-state index is 13.3. The predicted octanol–water partition coefficient (Wildman–Crippen LogP) is 5.38. The lowest BCUT2D eigenvalue weighted by molar-refractivity contribution is -0.116. The van der Waals surface area contributed by atoms with Crippen molar-refractivity contribution < 1.29 is 13.2 Å². The number of rotatable bonds is 5. The Kier molecular flexibility index (Phi) is 5.60. The quantitative estimate of drug-likeness (QED) is 0.441. The van der Waals surface area contributed by atoms with E-state index in [-0.39, 0.29) is 22.2 Å². The first-order chi connectivity index (χ1) is 14.8. The van der Waals surface area contributed by atoms with E-state index in [1.165, 1.54) is 6.20 Å². The third kappa shape index (κ3) is 4.09. The van der Waals surface area contributed by atoms with Gasteiger partial charge in [0.25, 0.3) is 0 Å². The zero-order valence-electron chi connectivity index (χ0n) is 17.1.